The molecule has 0 aliphatic carbocycles. The van der Waals surface area contributed by atoms with Crippen LogP contribution in [0.15, 0.2) is 48.5 Å². The second-order valence-electron chi connectivity index (χ2n) is 7.64. The van der Waals surface area contributed by atoms with E-state index in [1.165, 1.54) is 24.3 Å². The van der Waals surface area contributed by atoms with Gasteiger partial charge in [-0.2, -0.15) is 0 Å². The summed E-state index contributed by atoms with van der Waals surface area (Å²) in [4.78, 5) is 20.2. The van der Waals surface area contributed by atoms with Crippen LogP contribution in [0.2, 0.25) is 0 Å². The summed E-state index contributed by atoms with van der Waals surface area (Å²) in [5.41, 5.74) is 1.45. The maximum Gasteiger partial charge on any atom is 0.414 e. The van der Waals surface area contributed by atoms with Crippen molar-refractivity contribution in [1.82, 2.24) is 4.90 Å². The molecule has 8 nitrogen and oxygen atoms in total. The van der Waals surface area contributed by atoms with E-state index in [9.17, 15) is 19.0 Å². The summed E-state index contributed by atoms with van der Waals surface area (Å²) in [5, 5.41) is 34.9. The highest BCUT2D eigenvalue weighted by Gasteiger charge is 2.22. The molecule has 2 unspecified atom stereocenters. The predicted molar refractivity (Wildman–Crippen MR) is 114 cm³/mol. The smallest absolute Gasteiger partial charge is 0.414 e. The summed E-state index contributed by atoms with van der Waals surface area (Å²) in [6.07, 6.45) is 0.0903. The summed E-state index contributed by atoms with van der Waals surface area (Å²) in [6, 6.07) is 11.9. The molecule has 2 aromatic rings. The number of likely N-dealkylation sites (tertiary alicyclic amines) is 1. The van der Waals surface area contributed by atoms with Crippen LogP contribution >= 0.6 is 0 Å². The average molecular weight is 467 g/mol. The Morgan fingerprint density at radius 3 is 1.88 bits per heavy atom. The van der Waals surface area contributed by atoms with Crippen LogP contribution in [0.5, 0.6) is 0 Å². The number of carbonyl (C=O) groups is 2. The molecule has 0 bridgehead atoms. The standard InChI is InChI=1S/C21H25F2NO3.C2H2O4/c22-17-7-3-15(4-8-17)21(16-5-9-18(23)10-6-16)27-14-20(26)13-24-11-1-2-19(25)12-24;3-1(4)2(5)6/h3-10,19-21,25-26H,1-2,11-14H2;(H,3,4)(H,5,6). The van der Waals surface area contributed by atoms with Crippen molar-refractivity contribution in [2.45, 2.75) is 31.2 Å². The molecule has 3 rings (SSSR count). The molecule has 0 radical (unpaired) electrons. The molecule has 0 aromatic heterocycles. The number of hydrogen-bond acceptors (Lipinski definition) is 6. The van der Waals surface area contributed by atoms with E-state index >= 15 is 0 Å². The number of aliphatic hydroxyl groups is 2. The Balaban J connectivity index is 0.000000569. The number of nitrogens with zero attached hydrogens (tertiary/aromatic N) is 1. The van der Waals surface area contributed by atoms with Crippen LogP contribution in [0.1, 0.15) is 30.1 Å². The van der Waals surface area contributed by atoms with E-state index in [-0.39, 0.29) is 24.3 Å². The van der Waals surface area contributed by atoms with Crippen LogP contribution < -0.4 is 0 Å². The van der Waals surface area contributed by atoms with Crippen molar-refractivity contribution < 1.29 is 43.5 Å². The second-order valence-corrected chi connectivity index (χ2v) is 7.64. The Labute approximate surface area is 189 Å². The van der Waals surface area contributed by atoms with Gasteiger partial charge < -0.3 is 25.2 Å². The van der Waals surface area contributed by atoms with Crippen molar-refractivity contribution in [3.63, 3.8) is 0 Å². The quantitative estimate of drug-likeness (QED) is 0.456. The van der Waals surface area contributed by atoms with Crippen molar-refractivity contribution in [3.8, 4) is 0 Å². The lowest BCUT2D eigenvalue weighted by atomic mass is 10.0. The molecule has 0 saturated carbocycles. The number of carboxylic acid groups (broad SMARTS) is 2. The normalized spacial score (nSPS) is 17.2. The zero-order valence-electron chi connectivity index (χ0n) is 17.8. The van der Waals surface area contributed by atoms with Gasteiger partial charge in [0.1, 0.15) is 17.7 Å². The molecule has 4 N–H and O–H groups in total. The van der Waals surface area contributed by atoms with Crippen molar-refractivity contribution in [3.05, 3.63) is 71.3 Å². The van der Waals surface area contributed by atoms with E-state index < -0.39 is 24.1 Å². The van der Waals surface area contributed by atoms with E-state index in [0.717, 1.165) is 30.5 Å². The number of β-amino-alcohol motifs (C(OH)–C–C–N with tert-alkyl or cyclic N) is 2. The topological polar surface area (TPSA) is 128 Å². The van der Waals surface area contributed by atoms with Gasteiger partial charge in [-0.05, 0) is 54.8 Å². The minimum absolute atomic E-state index is 0.0754. The van der Waals surface area contributed by atoms with Crippen molar-refractivity contribution in [2.24, 2.45) is 0 Å². The van der Waals surface area contributed by atoms with Crippen molar-refractivity contribution >= 4 is 11.9 Å². The summed E-state index contributed by atoms with van der Waals surface area (Å²) in [6.45, 7) is 1.88. The number of halogens is 2. The van der Waals surface area contributed by atoms with Gasteiger partial charge in [0.15, 0.2) is 0 Å². The summed E-state index contributed by atoms with van der Waals surface area (Å²) in [5.74, 6) is -4.34. The summed E-state index contributed by atoms with van der Waals surface area (Å²) >= 11 is 0. The Morgan fingerprint density at radius 1 is 0.970 bits per heavy atom. The fourth-order valence-corrected chi connectivity index (χ4v) is 3.42. The van der Waals surface area contributed by atoms with Gasteiger partial charge in [0.05, 0.1) is 18.8 Å². The third-order valence-corrected chi connectivity index (χ3v) is 4.93. The fourth-order valence-electron chi connectivity index (χ4n) is 3.42. The molecule has 2 aromatic carbocycles. The minimum Gasteiger partial charge on any atom is -0.473 e. The van der Waals surface area contributed by atoms with Crippen LogP contribution in [0.25, 0.3) is 0 Å². The first-order valence-corrected chi connectivity index (χ1v) is 10.3. The molecule has 1 saturated heterocycles. The number of carboxylic acids is 2. The first-order valence-electron chi connectivity index (χ1n) is 10.3. The zero-order chi connectivity index (χ0) is 24.4. The minimum atomic E-state index is -1.82. The lowest BCUT2D eigenvalue weighted by molar-refractivity contribution is -0.159. The Bertz CT molecular complexity index is 835. The Kier molecular flexibility index (Phi) is 10.3. The number of ether oxygens (including phenoxy) is 1. The first kappa shape index (κ1) is 26.3. The molecule has 0 spiro atoms. The largest absolute Gasteiger partial charge is 0.473 e. The highest BCUT2D eigenvalue weighted by molar-refractivity contribution is 6.27. The Hall–Kier alpha value is -2.92. The molecule has 2 atom stereocenters. The molecular formula is C23H27F2NO7. The van der Waals surface area contributed by atoms with Gasteiger partial charge in [0.2, 0.25) is 0 Å². The van der Waals surface area contributed by atoms with E-state index in [1.54, 1.807) is 24.3 Å². The number of rotatable bonds is 7. The van der Waals surface area contributed by atoms with Crippen molar-refractivity contribution in [1.29, 1.82) is 0 Å². The predicted octanol–water partition coefficient (Wildman–Crippen LogP) is 2.04. The highest BCUT2D eigenvalue weighted by Crippen LogP contribution is 2.27. The number of hydrogen-bond donors (Lipinski definition) is 4. The lowest BCUT2D eigenvalue weighted by Gasteiger charge is -2.31. The molecule has 180 valence electrons. The highest BCUT2D eigenvalue weighted by atomic mass is 19.1. The molecule has 1 fully saturated rings. The van der Waals surface area contributed by atoms with E-state index in [2.05, 4.69) is 0 Å². The average Bonchev–Trinajstić information content (AvgIpc) is 2.76. The van der Waals surface area contributed by atoms with Crippen LogP contribution in [0.4, 0.5) is 8.78 Å². The summed E-state index contributed by atoms with van der Waals surface area (Å²) in [7, 11) is 0. The molecule has 1 heterocycles. The van der Waals surface area contributed by atoms with Gasteiger partial charge in [0, 0.05) is 13.1 Å². The van der Waals surface area contributed by atoms with Gasteiger partial charge in [-0.3, -0.25) is 4.90 Å². The zero-order valence-corrected chi connectivity index (χ0v) is 17.8. The number of piperidine rings is 1. The van der Waals surface area contributed by atoms with E-state index in [4.69, 9.17) is 24.5 Å². The SMILES string of the molecule is O=C(O)C(=O)O.OC1CCCN(CC(O)COC(c2ccc(F)cc2)c2ccc(F)cc2)C1. The molecule has 33 heavy (non-hydrogen) atoms. The maximum absolute atomic E-state index is 13.3. The number of aliphatic carboxylic acids is 2. The molecule has 0 amide bonds. The van der Waals surface area contributed by atoms with E-state index in [1.807, 2.05) is 4.90 Å². The van der Waals surface area contributed by atoms with Crippen LogP contribution in [-0.4, -0.2) is 75.7 Å². The number of aliphatic hydroxyl groups excluding tert-OH is 2. The first-order chi connectivity index (χ1) is 15.7. The maximum atomic E-state index is 13.3. The lowest BCUT2D eigenvalue weighted by Crippen LogP contribution is -2.43. The van der Waals surface area contributed by atoms with Gasteiger partial charge in [-0.1, -0.05) is 24.3 Å². The molecular weight excluding hydrogens is 440 g/mol. The van der Waals surface area contributed by atoms with Gasteiger partial charge in [-0.15, -0.1) is 0 Å². The second kappa shape index (κ2) is 12.9. The third kappa shape index (κ3) is 9.22. The van der Waals surface area contributed by atoms with Crippen LogP contribution in [-0.2, 0) is 14.3 Å². The number of benzene rings is 2. The van der Waals surface area contributed by atoms with Crippen LogP contribution in [0.3, 0.4) is 0 Å². The third-order valence-electron chi connectivity index (χ3n) is 4.93. The monoisotopic (exact) mass is 467 g/mol. The van der Waals surface area contributed by atoms with Crippen molar-refractivity contribution in [2.75, 3.05) is 26.2 Å². The molecule has 1 aliphatic heterocycles. The molecule has 1 aliphatic rings. The molecule has 10 heteroatoms. The summed E-state index contributed by atoms with van der Waals surface area (Å²) < 4.78 is 32.5. The van der Waals surface area contributed by atoms with Crippen LogP contribution in [0, 0.1) is 11.6 Å². The van der Waals surface area contributed by atoms with E-state index in [0.29, 0.717) is 13.1 Å². The van der Waals surface area contributed by atoms with Gasteiger partial charge in [0.25, 0.3) is 0 Å². The Morgan fingerprint density at radius 2 is 1.45 bits per heavy atom. The fraction of sp³-hybridized carbons (Fsp3) is 0.391. The van der Waals surface area contributed by atoms with Gasteiger partial charge >= 0.3 is 11.9 Å². The van der Waals surface area contributed by atoms with Gasteiger partial charge in [-0.25, -0.2) is 18.4 Å².